The highest BCUT2D eigenvalue weighted by Crippen LogP contribution is 2.24. The maximum Gasteiger partial charge on any atom is 0.407 e. The lowest BCUT2D eigenvalue weighted by atomic mass is 10.1. The van der Waals surface area contributed by atoms with Crippen molar-refractivity contribution in [3.8, 4) is 0 Å². The summed E-state index contributed by atoms with van der Waals surface area (Å²) in [6.45, 7) is 0.456. The fraction of sp³-hybridized carbons (Fsp3) is 0.308. The third-order valence-corrected chi connectivity index (χ3v) is 4.28. The Morgan fingerprint density at radius 2 is 2.32 bits per heavy atom. The van der Waals surface area contributed by atoms with Crippen LogP contribution in [-0.2, 0) is 11.2 Å². The van der Waals surface area contributed by atoms with Gasteiger partial charge < -0.3 is 14.5 Å². The number of carbonyl (C=O) groups excluding carboxylic acids is 1. The molecule has 2 heterocycles. The van der Waals surface area contributed by atoms with Crippen molar-refractivity contribution in [3.05, 3.63) is 40.5 Å². The highest BCUT2D eigenvalue weighted by molar-refractivity contribution is 7.99. The Morgan fingerprint density at radius 3 is 3.05 bits per heavy atom. The third-order valence-electron chi connectivity index (χ3n) is 2.98. The Kier molecular flexibility index (Phi) is 4.49. The molecule has 0 aliphatic carbocycles. The molecule has 2 aromatic rings. The molecule has 1 fully saturated rings. The molecule has 3 rings (SSSR count). The Morgan fingerprint density at radius 1 is 1.45 bits per heavy atom. The first-order valence-electron chi connectivity index (χ1n) is 6.44. The topological polar surface area (TPSA) is 77.3 Å². The van der Waals surface area contributed by atoms with Gasteiger partial charge in [-0.25, -0.2) is 9.18 Å². The van der Waals surface area contributed by atoms with E-state index in [1.807, 2.05) is 0 Å². The van der Waals surface area contributed by atoms with Crippen molar-refractivity contribution < 1.29 is 18.3 Å². The zero-order valence-corrected chi connectivity index (χ0v) is 12.8. The van der Waals surface area contributed by atoms with Crippen LogP contribution in [0.25, 0.3) is 0 Å². The number of benzene rings is 1. The molecular formula is C13H11ClFN3O3S. The van der Waals surface area contributed by atoms with E-state index in [2.05, 4.69) is 15.5 Å². The van der Waals surface area contributed by atoms with E-state index in [4.69, 9.17) is 20.8 Å². The standard InChI is InChI=1S/C13H11ClFN3O3S/c14-9-2-1-3-10(15)8(9)4-11-17-18-13(21-11)22-6-7-5-16-12(19)20-7/h1-3,7H,4-6H2,(H,16,19)/t7-/m1/s1. The van der Waals surface area contributed by atoms with Gasteiger partial charge in [-0.2, -0.15) is 0 Å². The van der Waals surface area contributed by atoms with E-state index in [0.29, 0.717) is 28.1 Å². The predicted molar refractivity (Wildman–Crippen MR) is 77.5 cm³/mol. The van der Waals surface area contributed by atoms with Crippen LogP contribution in [-0.4, -0.2) is 34.7 Å². The molecule has 1 N–H and O–H groups in total. The van der Waals surface area contributed by atoms with Crippen molar-refractivity contribution in [1.82, 2.24) is 15.5 Å². The highest BCUT2D eigenvalue weighted by Gasteiger charge is 2.23. The van der Waals surface area contributed by atoms with Gasteiger partial charge in [0.1, 0.15) is 11.9 Å². The Labute approximate surface area is 134 Å². The molecule has 1 amide bonds. The molecule has 1 atom stereocenters. The van der Waals surface area contributed by atoms with Gasteiger partial charge >= 0.3 is 6.09 Å². The summed E-state index contributed by atoms with van der Waals surface area (Å²) in [5.74, 6) is 0.362. The Hall–Kier alpha value is -1.80. The van der Waals surface area contributed by atoms with Gasteiger partial charge in [0.2, 0.25) is 5.89 Å². The fourth-order valence-electron chi connectivity index (χ4n) is 1.91. The molecule has 0 spiro atoms. The molecule has 1 aliphatic rings. The van der Waals surface area contributed by atoms with Gasteiger partial charge in [-0.3, -0.25) is 0 Å². The van der Waals surface area contributed by atoms with Gasteiger partial charge in [-0.05, 0) is 12.1 Å². The number of nitrogens with one attached hydrogen (secondary N) is 1. The summed E-state index contributed by atoms with van der Waals surface area (Å²) in [5, 5.41) is 11.0. The number of nitrogens with zero attached hydrogens (tertiary/aromatic N) is 2. The first-order chi connectivity index (χ1) is 10.6. The average Bonchev–Trinajstić information content (AvgIpc) is 3.10. The van der Waals surface area contributed by atoms with Crippen molar-refractivity contribution >= 4 is 29.5 Å². The van der Waals surface area contributed by atoms with Crippen LogP contribution >= 0.6 is 23.4 Å². The number of ether oxygens (including phenoxy) is 1. The number of carbonyl (C=O) groups is 1. The molecule has 1 aromatic carbocycles. The van der Waals surface area contributed by atoms with Crippen LogP contribution in [0.1, 0.15) is 11.5 Å². The van der Waals surface area contributed by atoms with Crippen LogP contribution < -0.4 is 5.32 Å². The summed E-state index contributed by atoms with van der Waals surface area (Å²) in [5.41, 5.74) is 0.318. The zero-order chi connectivity index (χ0) is 15.5. The molecule has 6 nitrogen and oxygen atoms in total. The van der Waals surface area contributed by atoms with E-state index in [1.165, 1.54) is 23.9 Å². The summed E-state index contributed by atoms with van der Waals surface area (Å²) in [6.07, 6.45) is -0.529. The molecule has 116 valence electrons. The van der Waals surface area contributed by atoms with Crippen LogP contribution in [0.2, 0.25) is 5.02 Å². The Balaban J connectivity index is 1.60. The summed E-state index contributed by atoms with van der Waals surface area (Å²) in [4.78, 5) is 10.9. The van der Waals surface area contributed by atoms with Gasteiger partial charge in [0.25, 0.3) is 5.22 Å². The van der Waals surface area contributed by atoms with Crippen LogP contribution in [0.4, 0.5) is 9.18 Å². The highest BCUT2D eigenvalue weighted by atomic mass is 35.5. The number of aromatic nitrogens is 2. The SMILES string of the molecule is O=C1NC[C@H](CSc2nnc(Cc3c(F)cccc3Cl)o2)O1. The number of thioether (sulfide) groups is 1. The van der Waals surface area contributed by atoms with E-state index in [0.717, 1.165) is 0 Å². The monoisotopic (exact) mass is 343 g/mol. The van der Waals surface area contributed by atoms with Crippen molar-refractivity contribution in [2.24, 2.45) is 0 Å². The molecule has 1 aliphatic heterocycles. The molecular weight excluding hydrogens is 333 g/mol. The molecule has 1 aromatic heterocycles. The predicted octanol–water partition coefficient (Wildman–Crippen LogP) is 2.65. The molecule has 0 radical (unpaired) electrons. The number of halogens is 2. The van der Waals surface area contributed by atoms with Gasteiger partial charge in [0, 0.05) is 16.3 Å². The lowest BCUT2D eigenvalue weighted by Gasteiger charge is -2.04. The maximum atomic E-state index is 13.7. The van der Waals surface area contributed by atoms with E-state index in [9.17, 15) is 9.18 Å². The van der Waals surface area contributed by atoms with Crippen LogP contribution in [0.3, 0.4) is 0 Å². The quantitative estimate of drug-likeness (QED) is 0.841. The minimum atomic E-state index is -0.425. The minimum Gasteiger partial charge on any atom is -0.443 e. The molecule has 0 saturated carbocycles. The smallest absolute Gasteiger partial charge is 0.407 e. The normalized spacial score (nSPS) is 17.4. The van der Waals surface area contributed by atoms with Crippen molar-refractivity contribution in [2.75, 3.05) is 12.3 Å². The molecule has 0 bridgehead atoms. The van der Waals surface area contributed by atoms with Crippen LogP contribution in [0.5, 0.6) is 0 Å². The molecule has 9 heteroatoms. The number of rotatable bonds is 5. The van der Waals surface area contributed by atoms with Gasteiger partial charge in [-0.1, -0.05) is 29.4 Å². The van der Waals surface area contributed by atoms with Crippen molar-refractivity contribution in [2.45, 2.75) is 17.7 Å². The van der Waals surface area contributed by atoms with Gasteiger partial charge in [0.05, 0.1) is 13.0 Å². The van der Waals surface area contributed by atoms with E-state index in [1.54, 1.807) is 6.07 Å². The van der Waals surface area contributed by atoms with Gasteiger partial charge in [0.15, 0.2) is 0 Å². The third kappa shape index (κ3) is 3.50. The zero-order valence-electron chi connectivity index (χ0n) is 11.2. The number of alkyl carbamates (subject to hydrolysis) is 1. The molecule has 0 unspecified atom stereocenters. The molecule has 1 saturated heterocycles. The average molecular weight is 344 g/mol. The Bertz CT molecular complexity index is 677. The summed E-state index contributed by atoms with van der Waals surface area (Å²) < 4.78 is 24.1. The number of amides is 1. The minimum absolute atomic E-state index is 0.124. The second kappa shape index (κ2) is 6.53. The summed E-state index contributed by atoms with van der Waals surface area (Å²) in [6, 6.07) is 4.47. The van der Waals surface area contributed by atoms with Crippen molar-refractivity contribution in [1.29, 1.82) is 0 Å². The number of cyclic esters (lactones) is 1. The van der Waals surface area contributed by atoms with E-state index >= 15 is 0 Å². The lowest BCUT2D eigenvalue weighted by molar-refractivity contribution is 0.150. The second-order valence-electron chi connectivity index (χ2n) is 4.56. The molecule has 22 heavy (non-hydrogen) atoms. The summed E-state index contributed by atoms with van der Waals surface area (Å²) >= 11 is 7.23. The fourth-order valence-corrected chi connectivity index (χ4v) is 2.91. The first-order valence-corrected chi connectivity index (χ1v) is 7.80. The van der Waals surface area contributed by atoms with E-state index < -0.39 is 11.9 Å². The maximum absolute atomic E-state index is 13.7. The van der Waals surface area contributed by atoms with Crippen molar-refractivity contribution in [3.63, 3.8) is 0 Å². The lowest BCUT2D eigenvalue weighted by Crippen LogP contribution is -2.16. The van der Waals surface area contributed by atoms with Crippen LogP contribution in [0, 0.1) is 5.82 Å². The van der Waals surface area contributed by atoms with Gasteiger partial charge in [-0.15, -0.1) is 10.2 Å². The summed E-state index contributed by atoms with van der Waals surface area (Å²) in [7, 11) is 0. The first kappa shape index (κ1) is 15.1. The number of hydrogen-bond donors (Lipinski definition) is 1. The second-order valence-corrected chi connectivity index (χ2v) is 5.94. The van der Waals surface area contributed by atoms with E-state index in [-0.39, 0.29) is 18.4 Å². The van der Waals surface area contributed by atoms with Crippen LogP contribution in [0.15, 0.2) is 27.8 Å². The largest absolute Gasteiger partial charge is 0.443 e. The number of hydrogen-bond acceptors (Lipinski definition) is 6.